The monoisotopic (exact) mass is 552 g/mol. The van der Waals surface area contributed by atoms with Crippen LogP contribution in [0.5, 0.6) is 28.9 Å². The van der Waals surface area contributed by atoms with Crippen LogP contribution in [0.1, 0.15) is 22.6 Å². The van der Waals surface area contributed by atoms with Crippen LogP contribution in [0, 0.1) is 0 Å². The van der Waals surface area contributed by atoms with Gasteiger partial charge in [0.2, 0.25) is 5.88 Å². The Balaban J connectivity index is 1.41. The lowest BCUT2D eigenvalue weighted by Gasteiger charge is -2.29. The fraction of sp³-hybridized carbons (Fsp3) is 0.0882. The molecule has 0 radical (unpaired) electrons. The molecule has 0 bridgehead atoms. The largest absolute Gasteiger partial charge is 0.507 e. The summed E-state index contributed by atoms with van der Waals surface area (Å²) in [5.41, 5.74) is 3.86. The fourth-order valence-corrected chi connectivity index (χ4v) is 5.99. The van der Waals surface area contributed by atoms with Gasteiger partial charge in [0.05, 0.1) is 25.3 Å². The van der Waals surface area contributed by atoms with Gasteiger partial charge in [0.1, 0.15) is 17.8 Å². The predicted octanol–water partition coefficient (Wildman–Crippen LogP) is 7.11. The van der Waals surface area contributed by atoms with Crippen molar-refractivity contribution in [1.29, 1.82) is 0 Å². The third-order valence-electron chi connectivity index (χ3n) is 7.95. The van der Waals surface area contributed by atoms with Crippen LogP contribution in [0.4, 0.5) is 0 Å². The van der Waals surface area contributed by atoms with E-state index in [1.54, 1.807) is 31.1 Å². The van der Waals surface area contributed by atoms with Crippen molar-refractivity contribution in [3.63, 3.8) is 0 Å². The minimum Gasteiger partial charge on any atom is -0.507 e. The lowest BCUT2D eigenvalue weighted by molar-refractivity contribution is 0.354. The molecule has 8 nitrogen and oxygen atoms in total. The summed E-state index contributed by atoms with van der Waals surface area (Å²) in [7, 11) is 3.25. The minimum atomic E-state index is -0.312. The van der Waals surface area contributed by atoms with Crippen LogP contribution in [-0.4, -0.2) is 38.9 Å². The van der Waals surface area contributed by atoms with E-state index in [2.05, 4.69) is 23.2 Å². The molecule has 0 fully saturated rings. The highest BCUT2D eigenvalue weighted by Crippen LogP contribution is 2.51. The van der Waals surface area contributed by atoms with E-state index in [1.165, 1.54) is 0 Å². The molecule has 1 N–H and O–H groups in total. The number of hydrogen-bond donors (Lipinski definition) is 1. The topological polar surface area (TPSA) is 91.0 Å². The second-order valence-electron chi connectivity index (χ2n) is 10.2. The van der Waals surface area contributed by atoms with Crippen molar-refractivity contribution < 1.29 is 19.3 Å². The first-order valence-corrected chi connectivity index (χ1v) is 13.5. The van der Waals surface area contributed by atoms with Gasteiger partial charge in [-0.2, -0.15) is 0 Å². The molecule has 8 heteroatoms. The van der Waals surface area contributed by atoms with E-state index >= 15 is 0 Å². The van der Waals surface area contributed by atoms with Crippen molar-refractivity contribution in [2.75, 3.05) is 14.2 Å². The van der Waals surface area contributed by atoms with Crippen LogP contribution < -0.4 is 14.2 Å². The van der Waals surface area contributed by atoms with Crippen LogP contribution in [0.2, 0.25) is 0 Å². The second kappa shape index (κ2) is 9.21. The number of phenols is 1. The molecule has 0 aliphatic carbocycles. The number of fused-ring (bicyclic) bond motifs is 7. The van der Waals surface area contributed by atoms with Crippen molar-refractivity contribution in [2.24, 2.45) is 0 Å². The highest BCUT2D eigenvalue weighted by molar-refractivity contribution is 5.92. The molecule has 1 atom stereocenters. The average Bonchev–Trinajstić information content (AvgIpc) is 3.47. The van der Waals surface area contributed by atoms with E-state index in [0.29, 0.717) is 34.4 Å². The number of benzene rings is 5. The molecule has 8 rings (SSSR count). The first-order valence-electron chi connectivity index (χ1n) is 13.5. The third-order valence-corrected chi connectivity index (χ3v) is 7.95. The minimum absolute atomic E-state index is 0.107. The van der Waals surface area contributed by atoms with Gasteiger partial charge in [0.15, 0.2) is 23.0 Å². The summed E-state index contributed by atoms with van der Waals surface area (Å²) in [6.07, 6.45) is 1.60. The maximum atomic E-state index is 11.0. The molecule has 1 aliphatic heterocycles. The zero-order chi connectivity index (χ0) is 28.4. The number of nitrogens with zero attached hydrogens (tertiary/aromatic N) is 4. The Kier molecular flexibility index (Phi) is 5.30. The van der Waals surface area contributed by atoms with E-state index < -0.39 is 0 Å². The van der Waals surface area contributed by atoms with E-state index in [9.17, 15) is 5.11 Å². The lowest BCUT2D eigenvalue weighted by Crippen LogP contribution is -2.15. The van der Waals surface area contributed by atoms with Crippen LogP contribution in [0.3, 0.4) is 0 Å². The Morgan fingerprint density at radius 1 is 0.786 bits per heavy atom. The number of methoxy groups -OCH3 is 2. The van der Waals surface area contributed by atoms with Gasteiger partial charge >= 0.3 is 0 Å². The SMILES string of the molecule is COc1ccc(C2c3c(ccc4ccccc34)Oc3ncn4nc(-c5cc6ccccc6cc5O)nc4c32)cc1OC. The number of aromatic nitrogens is 4. The van der Waals surface area contributed by atoms with Crippen LogP contribution >= 0.6 is 0 Å². The fourth-order valence-electron chi connectivity index (χ4n) is 5.99. The van der Waals surface area contributed by atoms with Gasteiger partial charge in [-0.25, -0.2) is 14.5 Å². The molecule has 42 heavy (non-hydrogen) atoms. The molecule has 0 amide bonds. The van der Waals surface area contributed by atoms with Crippen molar-refractivity contribution in [1.82, 2.24) is 19.6 Å². The number of rotatable bonds is 4. The molecular weight excluding hydrogens is 528 g/mol. The maximum absolute atomic E-state index is 11.0. The van der Waals surface area contributed by atoms with E-state index in [4.69, 9.17) is 24.3 Å². The van der Waals surface area contributed by atoms with Gasteiger partial charge in [0.25, 0.3) is 0 Å². The highest BCUT2D eigenvalue weighted by Gasteiger charge is 2.35. The molecule has 5 aromatic carbocycles. The van der Waals surface area contributed by atoms with Gasteiger partial charge in [-0.05, 0) is 57.4 Å². The molecule has 0 saturated carbocycles. The Labute approximate surface area is 240 Å². The summed E-state index contributed by atoms with van der Waals surface area (Å²) in [6, 6.07) is 29.7. The standard InChI is InChI=1S/C34H24N4O4/c1-40-26-13-12-22(17-28(26)41-2)29-30-23-10-6-5-7-19(23)11-14-27(30)42-34-31(29)33-36-32(37-38(33)18-35-34)24-15-20-8-3-4-9-21(20)16-25(24)39/h3-18,29,39H,1-2H3. The summed E-state index contributed by atoms with van der Waals surface area (Å²) in [5.74, 6) is 2.62. The van der Waals surface area contributed by atoms with E-state index in [1.807, 2.05) is 66.7 Å². The summed E-state index contributed by atoms with van der Waals surface area (Å²) >= 11 is 0. The van der Waals surface area contributed by atoms with Gasteiger partial charge < -0.3 is 19.3 Å². The summed E-state index contributed by atoms with van der Waals surface area (Å²) < 4.78 is 19.3. The van der Waals surface area contributed by atoms with Gasteiger partial charge in [-0.3, -0.25) is 0 Å². The predicted molar refractivity (Wildman–Crippen MR) is 160 cm³/mol. The smallest absolute Gasteiger partial charge is 0.228 e. The van der Waals surface area contributed by atoms with Crippen molar-refractivity contribution in [3.05, 3.63) is 114 Å². The lowest BCUT2D eigenvalue weighted by atomic mass is 9.81. The first kappa shape index (κ1) is 24.2. The maximum Gasteiger partial charge on any atom is 0.228 e. The van der Waals surface area contributed by atoms with Gasteiger partial charge in [0, 0.05) is 11.5 Å². The summed E-state index contributed by atoms with van der Waals surface area (Å²) in [6.45, 7) is 0. The van der Waals surface area contributed by atoms with Gasteiger partial charge in [-0.1, -0.05) is 60.7 Å². The molecule has 204 valence electrons. The Hall–Kier alpha value is -5.63. The number of phenolic OH excluding ortho intramolecular Hbond substituents is 1. The van der Waals surface area contributed by atoms with Crippen molar-refractivity contribution >= 4 is 27.2 Å². The quantitative estimate of drug-likeness (QED) is 0.249. The molecule has 0 spiro atoms. The molecule has 0 saturated heterocycles. The summed E-state index contributed by atoms with van der Waals surface area (Å²) in [5, 5.41) is 19.8. The van der Waals surface area contributed by atoms with Crippen molar-refractivity contribution in [2.45, 2.75) is 5.92 Å². The third kappa shape index (κ3) is 3.58. The molecule has 7 aromatic rings. The van der Waals surface area contributed by atoms with Gasteiger partial charge in [-0.15, -0.1) is 5.10 Å². The summed E-state index contributed by atoms with van der Waals surface area (Å²) in [4.78, 5) is 9.66. The van der Waals surface area contributed by atoms with E-state index in [0.717, 1.165) is 44.0 Å². The van der Waals surface area contributed by atoms with Crippen LogP contribution in [0.25, 0.3) is 38.6 Å². The molecular formula is C34H24N4O4. The number of aromatic hydroxyl groups is 1. The van der Waals surface area contributed by atoms with Crippen LogP contribution in [-0.2, 0) is 0 Å². The van der Waals surface area contributed by atoms with Crippen molar-refractivity contribution in [3.8, 4) is 40.3 Å². The Morgan fingerprint density at radius 3 is 2.36 bits per heavy atom. The zero-order valence-electron chi connectivity index (χ0n) is 22.8. The first-order chi connectivity index (χ1) is 20.6. The molecule has 1 unspecified atom stereocenters. The molecule has 1 aliphatic rings. The number of hydrogen-bond acceptors (Lipinski definition) is 7. The molecule has 3 heterocycles. The average molecular weight is 553 g/mol. The highest BCUT2D eigenvalue weighted by atomic mass is 16.5. The Morgan fingerprint density at radius 2 is 1.55 bits per heavy atom. The zero-order valence-corrected chi connectivity index (χ0v) is 22.8. The van der Waals surface area contributed by atoms with Crippen LogP contribution in [0.15, 0.2) is 97.3 Å². The Bertz CT molecular complexity index is 2190. The molecule has 2 aromatic heterocycles. The number of ether oxygens (including phenoxy) is 3. The second-order valence-corrected chi connectivity index (χ2v) is 10.2. The van der Waals surface area contributed by atoms with E-state index in [-0.39, 0.29) is 11.7 Å². The normalized spacial score (nSPS) is 14.0.